The van der Waals surface area contributed by atoms with Crippen molar-refractivity contribution in [2.75, 3.05) is 22.5 Å². The van der Waals surface area contributed by atoms with Gasteiger partial charge in [-0.2, -0.15) is 0 Å². The Kier molecular flexibility index (Phi) is 6.14. The number of carbonyl (C=O) groups is 1. The maximum Gasteiger partial charge on any atom is 0.269 e. The number of aromatic nitrogens is 3. The first-order valence-corrected chi connectivity index (χ1v) is 11.2. The third-order valence-electron chi connectivity index (χ3n) is 3.43. The molecule has 0 saturated heterocycles. The first kappa shape index (κ1) is 21.4. The van der Waals surface area contributed by atoms with Gasteiger partial charge in [-0.3, -0.25) is 14.9 Å². The third-order valence-corrected chi connectivity index (χ3v) is 7.42. The van der Waals surface area contributed by atoms with E-state index >= 15 is 0 Å². The highest BCUT2D eigenvalue weighted by molar-refractivity contribution is 7.99. The summed E-state index contributed by atoms with van der Waals surface area (Å²) in [5, 5.41) is 13.5. The molecule has 156 valence electrons. The van der Waals surface area contributed by atoms with E-state index in [1.807, 2.05) is 0 Å². The van der Waals surface area contributed by atoms with E-state index in [-0.39, 0.29) is 42.5 Å². The zero-order valence-electron chi connectivity index (χ0n) is 14.9. The monoisotopic (exact) mass is 467 g/mol. The normalized spacial score (nSPS) is 11.2. The number of hydrogen-bond acceptors (Lipinski definition) is 12. The van der Waals surface area contributed by atoms with Gasteiger partial charge in [-0.05, 0) is 12.1 Å². The van der Waals surface area contributed by atoms with Crippen LogP contribution in [0.1, 0.15) is 0 Å². The Hall–Kier alpha value is -3.30. The summed E-state index contributed by atoms with van der Waals surface area (Å²) in [6, 6.07) is 5.85. The van der Waals surface area contributed by atoms with E-state index in [1.54, 1.807) is 0 Å². The van der Waals surface area contributed by atoms with Crippen molar-refractivity contribution in [3.8, 4) is 0 Å². The molecule has 12 nitrogen and oxygen atoms in total. The molecule has 2 heterocycles. The molecule has 3 rings (SSSR count). The number of rotatable bonds is 7. The molecule has 0 fully saturated rings. The highest BCUT2D eigenvalue weighted by atomic mass is 32.2. The average molecular weight is 468 g/mol. The summed E-state index contributed by atoms with van der Waals surface area (Å²) in [4.78, 5) is 33.8. The fraction of sp³-hybridized carbons (Fsp3) is 0.0667. The molecule has 0 radical (unpaired) electrons. The molecule has 2 aromatic heterocycles. The van der Waals surface area contributed by atoms with Gasteiger partial charge in [0.2, 0.25) is 15.7 Å². The summed E-state index contributed by atoms with van der Waals surface area (Å²) >= 11 is 1.75. The number of amides is 1. The van der Waals surface area contributed by atoms with Crippen molar-refractivity contribution in [1.82, 2.24) is 15.0 Å². The van der Waals surface area contributed by atoms with Gasteiger partial charge in [-0.1, -0.05) is 23.1 Å². The fourth-order valence-corrected chi connectivity index (χ4v) is 5.24. The predicted octanol–water partition coefficient (Wildman–Crippen LogP) is 1.57. The Bertz CT molecular complexity index is 1190. The number of nitrogens with one attached hydrogen (secondary N) is 1. The lowest BCUT2D eigenvalue weighted by Gasteiger charge is -2.03. The maximum atomic E-state index is 12.6. The van der Waals surface area contributed by atoms with Crippen LogP contribution in [0.5, 0.6) is 0 Å². The number of nitrogens with zero attached hydrogens (tertiary/aromatic N) is 4. The summed E-state index contributed by atoms with van der Waals surface area (Å²) in [5.41, 5.74) is 10.9. The Morgan fingerprint density at radius 3 is 2.43 bits per heavy atom. The zero-order chi connectivity index (χ0) is 21.9. The SMILES string of the molecule is Nc1cc(N)nc(SCC(=O)Nc2ncc(S(=O)(=O)c3ccc([N+](=O)[O-])cc3)s2)n1. The van der Waals surface area contributed by atoms with Crippen LogP contribution >= 0.6 is 23.1 Å². The molecular formula is C15H13N7O5S3. The molecule has 0 aliphatic heterocycles. The van der Waals surface area contributed by atoms with Crippen molar-refractivity contribution in [3.63, 3.8) is 0 Å². The number of thioether (sulfide) groups is 1. The second-order valence-electron chi connectivity index (χ2n) is 5.58. The van der Waals surface area contributed by atoms with Gasteiger partial charge < -0.3 is 16.8 Å². The number of anilines is 3. The summed E-state index contributed by atoms with van der Waals surface area (Å²) in [6.45, 7) is 0. The average Bonchev–Trinajstić information content (AvgIpc) is 3.15. The van der Waals surface area contributed by atoms with E-state index in [9.17, 15) is 23.3 Å². The largest absolute Gasteiger partial charge is 0.383 e. The fourth-order valence-electron chi connectivity index (χ4n) is 2.12. The van der Waals surface area contributed by atoms with Gasteiger partial charge >= 0.3 is 0 Å². The van der Waals surface area contributed by atoms with Gasteiger partial charge in [0.15, 0.2) is 10.3 Å². The van der Waals surface area contributed by atoms with Crippen LogP contribution in [0, 0.1) is 10.1 Å². The Balaban J connectivity index is 1.66. The molecule has 30 heavy (non-hydrogen) atoms. The van der Waals surface area contributed by atoms with Crippen molar-refractivity contribution in [3.05, 3.63) is 46.6 Å². The molecule has 15 heteroatoms. The van der Waals surface area contributed by atoms with E-state index in [0.717, 1.165) is 53.6 Å². The molecule has 1 amide bonds. The Labute approximate surface area is 177 Å². The van der Waals surface area contributed by atoms with E-state index < -0.39 is 20.7 Å². The van der Waals surface area contributed by atoms with Crippen LogP contribution in [-0.2, 0) is 14.6 Å². The standard InChI is InChI=1S/C15H13N7O5S3/c16-10-5-11(17)20-15(19-10)28-7-12(23)21-14-18-6-13(29-14)30(26,27)9-3-1-8(2-4-9)22(24)25/h1-6H,7H2,(H,18,21,23)(H4,16,17,19,20). The number of nitrogens with two attached hydrogens (primary N) is 2. The molecular weight excluding hydrogens is 454 g/mol. The van der Waals surface area contributed by atoms with Crippen LogP contribution < -0.4 is 16.8 Å². The van der Waals surface area contributed by atoms with E-state index in [2.05, 4.69) is 20.3 Å². The van der Waals surface area contributed by atoms with Gasteiger partial charge in [0.1, 0.15) is 15.8 Å². The first-order chi connectivity index (χ1) is 14.1. The topological polar surface area (TPSA) is 197 Å². The van der Waals surface area contributed by atoms with Crippen molar-refractivity contribution in [2.24, 2.45) is 0 Å². The van der Waals surface area contributed by atoms with Crippen molar-refractivity contribution in [2.45, 2.75) is 14.3 Å². The van der Waals surface area contributed by atoms with E-state index in [4.69, 9.17) is 11.5 Å². The minimum Gasteiger partial charge on any atom is -0.383 e. The summed E-state index contributed by atoms with van der Waals surface area (Å²) in [5.74, 6) is -0.191. The van der Waals surface area contributed by atoms with Gasteiger partial charge in [0.25, 0.3) is 5.69 Å². The van der Waals surface area contributed by atoms with Crippen LogP contribution in [0.4, 0.5) is 22.5 Å². The van der Waals surface area contributed by atoms with Gasteiger partial charge in [0, 0.05) is 18.2 Å². The lowest BCUT2D eigenvalue weighted by Crippen LogP contribution is -2.14. The number of non-ortho nitro benzene ring substituents is 1. The highest BCUT2D eigenvalue weighted by Gasteiger charge is 2.22. The Morgan fingerprint density at radius 1 is 1.20 bits per heavy atom. The molecule has 3 aromatic rings. The maximum absolute atomic E-state index is 12.6. The lowest BCUT2D eigenvalue weighted by molar-refractivity contribution is -0.384. The van der Waals surface area contributed by atoms with Crippen LogP contribution in [0.3, 0.4) is 0 Å². The van der Waals surface area contributed by atoms with Gasteiger partial charge in [-0.25, -0.2) is 23.4 Å². The molecule has 0 spiro atoms. The molecule has 0 unspecified atom stereocenters. The predicted molar refractivity (Wildman–Crippen MR) is 111 cm³/mol. The minimum absolute atomic E-state index is 0.0765. The van der Waals surface area contributed by atoms with Crippen molar-refractivity contribution < 1.29 is 18.1 Å². The number of carbonyl (C=O) groups excluding carboxylic acids is 1. The summed E-state index contributed by atoms with van der Waals surface area (Å²) < 4.78 is 25.1. The second-order valence-corrected chi connectivity index (χ2v) is 9.73. The number of hydrogen-bond donors (Lipinski definition) is 3. The summed E-state index contributed by atoms with van der Waals surface area (Å²) in [7, 11) is -3.93. The minimum atomic E-state index is -3.93. The zero-order valence-corrected chi connectivity index (χ0v) is 17.3. The number of thiazole rings is 1. The molecule has 1 aromatic carbocycles. The quantitative estimate of drug-likeness (QED) is 0.197. The molecule has 5 N–H and O–H groups in total. The van der Waals surface area contributed by atoms with E-state index in [0.29, 0.717) is 0 Å². The first-order valence-electron chi connectivity index (χ1n) is 7.93. The van der Waals surface area contributed by atoms with Crippen LogP contribution in [0.15, 0.2) is 50.8 Å². The van der Waals surface area contributed by atoms with Crippen molar-refractivity contribution >= 4 is 61.3 Å². The van der Waals surface area contributed by atoms with E-state index in [1.165, 1.54) is 6.07 Å². The molecule has 0 aliphatic rings. The second kappa shape index (κ2) is 8.60. The van der Waals surface area contributed by atoms with Crippen LogP contribution in [0.25, 0.3) is 0 Å². The number of nitrogen functional groups attached to an aromatic ring is 2. The van der Waals surface area contributed by atoms with Crippen LogP contribution in [0.2, 0.25) is 0 Å². The van der Waals surface area contributed by atoms with Crippen LogP contribution in [-0.4, -0.2) is 40.0 Å². The van der Waals surface area contributed by atoms with Gasteiger partial charge in [-0.15, -0.1) is 0 Å². The van der Waals surface area contributed by atoms with Gasteiger partial charge in [0.05, 0.1) is 21.8 Å². The molecule has 0 atom stereocenters. The number of benzene rings is 1. The smallest absolute Gasteiger partial charge is 0.269 e. The highest BCUT2D eigenvalue weighted by Crippen LogP contribution is 2.29. The summed E-state index contributed by atoms with van der Waals surface area (Å²) in [6.07, 6.45) is 1.10. The molecule has 0 bridgehead atoms. The molecule has 0 aliphatic carbocycles. The third kappa shape index (κ3) is 5.00. The Morgan fingerprint density at radius 2 is 1.83 bits per heavy atom. The number of nitro groups is 1. The molecule has 0 saturated carbocycles. The number of nitro benzene ring substituents is 1. The van der Waals surface area contributed by atoms with Crippen molar-refractivity contribution in [1.29, 1.82) is 0 Å². The lowest BCUT2D eigenvalue weighted by atomic mass is 10.3. The number of sulfone groups is 1.